The number of nitrogens with zero attached hydrogens (tertiary/aromatic N) is 1. The summed E-state index contributed by atoms with van der Waals surface area (Å²) in [5, 5.41) is 9.81. The molecule has 0 aliphatic carbocycles. The fourth-order valence-corrected chi connectivity index (χ4v) is 2.43. The zero-order chi connectivity index (χ0) is 10.0. The molecule has 0 spiro atoms. The van der Waals surface area contributed by atoms with E-state index in [0.717, 1.165) is 32.7 Å². The van der Waals surface area contributed by atoms with Crippen molar-refractivity contribution >= 4 is 0 Å². The summed E-state index contributed by atoms with van der Waals surface area (Å²) in [5.74, 6) is 0. The van der Waals surface area contributed by atoms with E-state index < -0.39 is 5.60 Å². The summed E-state index contributed by atoms with van der Waals surface area (Å²) < 4.78 is 5.68. The fourth-order valence-electron chi connectivity index (χ4n) is 2.43. The van der Waals surface area contributed by atoms with Gasteiger partial charge in [0.15, 0.2) is 0 Å². The van der Waals surface area contributed by atoms with Crippen LogP contribution in [0.3, 0.4) is 0 Å². The summed E-state index contributed by atoms with van der Waals surface area (Å²) in [7, 11) is 0. The van der Waals surface area contributed by atoms with Crippen LogP contribution in [-0.4, -0.2) is 48.0 Å². The molecule has 2 aliphatic heterocycles. The molecule has 2 unspecified atom stereocenters. The van der Waals surface area contributed by atoms with Gasteiger partial charge in [-0.25, -0.2) is 0 Å². The molecule has 1 N–H and O–H groups in total. The van der Waals surface area contributed by atoms with Gasteiger partial charge in [0.25, 0.3) is 0 Å². The van der Waals surface area contributed by atoms with Gasteiger partial charge in [0.2, 0.25) is 0 Å². The third-order valence-corrected chi connectivity index (χ3v) is 3.27. The van der Waals surface area contributed by atoms with Crippen LogP contribution in [0.5, 0.6) is 0 Å². The maximum Gasteiger partial charge on any atom is 0.0758 e. The number of likely N-dealkylation sites (tertiary alicyclic amines) is 1. The number of aliphatic hydroxyl groups is 1. The average molecular weight is 199 g/mol. The van der Waals surface area contributed by atoms with Gasteiger partial charge in [-0.05, 0) is 32.6 Å². The lowest BCUT2D eigenvalue weighted by Crippen LogP contribution is -2.37. The van der Waals surface area contributed by atoms with Gasteiger partial charge < -0.3 is 9.84 Å². The van der Waals surface area contributed by atoms with Crippen LogP contribution in [0, 0.1) is 0 Å². The number of β-amino-alcohol motifs (C(OH)–C–C–N with tert-alkyl or cyclic N) is 1. The third-order valence-electron chi connectivity index (χ3n) is 3.27. The molecule has 3 heteroatoms. The Morgan fingerprint density at radius 1 is 1.50 bits per heavy atom. The summed E-state index contributed by atoms with van der Waals surface area (Å²) in [6.07, 6.45) is 5.03. The SMILES string of the molecule is CC1(O)CCN(CC2CCCCO2)C1. The molecule has 3 nitrogen and oxygen atoms in total. The zero-order valence-electron chi connectivity index (χ0n) is 9.04. The Balaban J connectivity index is 1.75. The Kier molecular flexibility index (Phi) is 3.10. The van der Waals surface area contributed by atoms with Crippen molar-refractivity contribution in [3.8, 4) is 0 Å². The van der Waals surface area contributed by atoms with Crippen molar-refractivity contribution in [1.29, 1.82) is 0 Å². The second-order valence-electron chi connectivity index (χ2n) is 4.97. The molecule has 2 saturated heterocycles. The van der Waals surface area contributed by atoms with Crippen molar-refractivity contribution in [2.45, 2.75) is 44.3 Å². The molecule has 0 bridgehead atoms. The Hall–Kier alpha value is -0.120. The largest absolute Gasteiger partial charge is 0.389 e. The van der Waals surface area contributed by atoms with Crippen LogP contribution < -0.4 is 0 Å². The number of rotatable bonds is 2. The van der Waals surface area contributed by atoms with Gasteiger partial charge in [-0.2, -0.15) is 0 Å². The molecule has 2 atom stereocenters. The quantitative estimate of drug-likeness (QED) is 0.720. The Bertz CT molecular complexity index is 188. The smallest absolute Gasteiger partial charge is 0.0758 e. The van der Waals surface area contributed by atoms with Crippen molar-refractivity contribution < 1.29 is 9.84 Å². The van der Waals surface area contributed by atoms with Crippen molar-refractivity contribution in [3.05, 3.63) is 0 Å². The van der Waals surface area contributed by atoms with Crippen molar-refractivity contribution in [2.75, 3.05) is 26.2 Å². The molecular weight excluding hydrogens is 178 g/mol. The van der Waals surface area contributed by atoms with Crippen molar-refractivity contribution in [2.24, 2.45) is 0 Å². The van der Waals surface area contributed by atoms with Gasteiger partial charge in [0, 0.05) is 26.2 Å². The zero-order valence-corrected chi connectivity index (χ0v) is 9.04. The summed E-state index contributed by atoms with van der Waals surface area (Å²) in [5.41, 5.74) is -0.464. The molecular formula is C11H21NO2. The highest BCUT2D eigenvalue weighted by Gasteiger charge is 2.32. The predicted molar refractivity (Wildman–Crippen MR) is 55.3 cm³/mol. The molecule has 2 fully saturated rings. The standard InChI is InChI=1S/C11H21NO2/c1-11(13)5-6-12(9-11)8-10-4-2-3-7-14-10/h10,13H,2-9H2,1H3. The molecule has 2 heterocycles. The third kappa shape index (κ3) is 2.69. The van der Waals surface area contributed by atoms with Gasteiger partial charge in [-0.15, -0.1) is 0 Å². The topological polar surface area (TPSA) is 32.7 Å². The first-order chi connectivity index (χ1) is 6.66. The van der Waals surface area contributed by atoms with Crippen molar-refractivity contribution in [1.82, 2.24) is 4.90 Å². The normalized spacial score (nSPS) is 40.3. The van der Waals surface area contributed by atoms with Crippen LogP contribution in [-0.2, 0) is 4.74 Å². The van der Waals surface area contributed by atoms with Crippen LogP contribution in [0.2, 0.25) is 0 Å². The average Bonchev–Trinajstić information content (AvgIpc) is 2.47. The lowest BCUT2D eigenvalue weighted by molar-refractivity contribution is -0.00753. The van der Waals surface area contributed by atoms with E-state index in [4.69, 9.17) is 4.74 Å². The van der Waals surface area contributed by atoms with Gasteiger partial charge >= 0.3 is 0 Å². The van der Waals surface area contributed by atoms with Crippen molar-refractivity contribution in [3.63, 3.8) is 0 Å². The van der Waals surface area contributed by atoms with Gasteiger partial charge in [0.1, 0.15) is 0 Å². The molecule has 0 saturated carbocycles. The van der Waals surface area contributed by atoms with E-state index >= 15 is 0 Å². The number of hydrogen-bond acceptors (Lipinski definition) is 3. The Morgan fingerprint density at radius 3 is 2.93 bits per heavy atom. The Labute approximate surface area is 86.0 Å². The van der Waals surface area contributed by atoms with E-state index in [1.165, 1.54) is 19.3 Å². The lowest BCUT2D eigenvalue weighted by Gasteiger charge is -2.27. The van der Waals surface area contributed by atoms with Crippen LogP contribution in [0.4, 0.5) is 0 Å². The van der Waals surface area contributed by atoms with E-state index in [0.29, 0.717) is 6.10 Å². The molecule has 14 heavy (non-hydrogen) atoms. The highest BCUT2D eigenvalue weighted by atomic mass is 16.5. The first kappa shape index (κ1) is 10.4. The van der Waals surface area contributed by atoms with Crippen LogP contribution in [0.1, 0.15) is 32.6 Å². The maximum absolute atomic E-state index is 9.81. The first-order valence-electron chi connectivity index (χ1n) is 5.72. The van der Waals surface area contributed by atoms with Crippen LogP contribution in [0.15, 0.2) is 0 Å². The monoisotopic (exact) mass is 199 g/mol. The molecule has 0 aromatic rings. The highest BCUT2D eigenvalue weighted by molar-refractivity contribution is 4.87. The van der Waals surface area contributed by atoms with Crippen LogP contribution in [0.25, 0.3) is 0 Å². The molecule has 0 radical (unpaired) electrons. The number of hydrogen-bond donors (Lipinski definition) is 1. The minimum atomic E-state index is -0.464. The van der Waals surface area contributed by atoms with Gasteiger partial charge in [-0.3, -0.25) is 4.90 Å². The predicted octanol–water partition coefficient (Wildman–Crippen LogP) is 1.01. The molecule has 2 rings (SSSR count). The molecule has 2 aliphatic rings. The van der Waals surface area contributed by atoms with Crippen LogP contribution >= 0.6 is 0 Å². The minimum Gasteiger partial charge on any atom is -0.389 e. The van der Waals surface area contributed by atoms with E-state index in [1.54, 1.807) is 0 Å². The summed E-state index contributed by atoms with van der Waals surface area (Å²) in [6.45, 7) is 5.69. The fraction of sp³-hybridized carbons (Fsp3) is 1.00. The molecule has 0 aromatic heterocycles. The number of ether oxygens (including phenoxy) is 1. The maximum atomic E-state index is 9.81. The molecule has 82 valence electrons. The summed E-state index contributed by atoms with van der Waals surface area (Å²) in [6, 6.07) is 0. The van der Waals surface area contributed by atoms with E-state index in [1.807, 2.05) is 6.92 Å². The lowest BCUT2D eigenvalue weighted by atomic mass is 10.1. The first-order valence-corrected chi connectivity index (χ1v) is 5.72. The second kappa shape index (κ2) is 4.17. The van der Waals surface area contributed by atoms with E-state index in [2.05, 4.69) is 4.90 Å². The Morgan fingerprint density at radius 2 is 2.36 bits per heavy atom. The molecule has 0 aromatic carbocycles. The van der Waals surface area contributed by atoms with E-state index in [-0.39, 0.29) is 0 Å². The summed E-state index contributed by atoms with van der Waals surface area (Å²) >= 11 is 0. The van der Waals surface area contributed by atoms with E-state index in [9.17, 15) is 5.11 Å². The minimum absolute atomic E-state index is 0.414. The highest BCUT2D eigenvalue weighted by Crippen LogP contribution is 2.22. The van der Waals surface area contributed by atoms with Gasteiger partial charge in [-0.1, -0.05) is 0 Å². The van der Waals surface area contributed by atoms with Gasteiger partial charge in [0.05, 0.1) is 11.7 Å². The molecule has 0 amide bonds. The second-order valence-corrected chi connectivity index (χ2v) is 4.97. The summed E-state index contributed by atoms with van der Waals surface area (Å²) in [4.78, 5) is 2.33.